The molecule has 0 radical (unpaired) electrons. The fourth-order valence-corrected chi connectivity index (χ4v) is 4.81. The van der Waals surface area contributed by atoms with E-state index in [0.29, 0.717) is 32.8 Å². The SMILES string of the molecule is CCC(C(=O)NC1CCCCC1)N(Cc1c(Cl)cccc1Cl)C(=O)COc1ccccc1Cl. The van der Waals surface area contributed by atoms with Crippen LogP contribution in [0.25, 0.3) is 0 Å². The average molecular weight is 512 g/mol. The van der Waals surface area contributed by atoms with Crippen LogP contribution in [0.3, 0.4) is 0 Å². The summed E-state index contributed by atoms with van der Waals surface area (Å²) in [6.07, 6.45) is 5.76. The zero-order valence-corrected chi connectivity index (χ0v) is 20.9. The highest BCUT2D eigenvalue weighted by atomic mass is 35.5. The van der Waals surface area contributed by atoms with Gasteiger partial charge in [0, 0.05) is 28.2 Å². The summed E-state index contributed by atoms with van der Waals surface area (Å²) >= 11 is 18.9. The van der Waals surface area contributed by atoms with Crippen molar-refractivity contribution in [2.45, 2.75) is 64.1 Å². The Kier molecular flexibility index (Phi) is 9.72. The van der Waals surface area contributed by atoms with Crippen LogP contribution in [0.1, 0.15) is 51.0 Å². The molecular formula is C25H29Cl3N2O3. The van der Waals surface area contributed by atoms with Gasteiger partial charge in [-0.15, -0.1) is 0 Å². The summed E-state index contributed by atoms with van der Waals surface area (Å²) in [6, 6.07) is 11.6. The second kappa shape index (κ2) is 12.5. The molecule has 8 heteroatoms. The smallest absolute Gasteiger partial charge is 0.261 e. The Bertz CT molecular complexity index is 943. The lowest BCUT2D eigenvalue weighted by atomic mass is 9.95. The van der Waals surface area contributed by atoms with E-state index >= 15 is 0 Å². The summed E-state index contributed by atoms with van der Waals surface area (Å²) in [5.41, 5.74) is 0.593. The van der Waals surface area contributed by atoms with Gasteiger partial charge in [0.1, 0.15) is 11.8 Å². The van der Waals surface area contributed by atoms with Crippen molar-refractivity contribution in [3.05, 3.63) is 63.1 Å². The quantitative estimate of drug-likeness (QED) is 0.431. The summed E-state index contributed by atoms with van der Waals surface area (Å²) in [6.45, 7) is 1.72. The molecule has 1 N–H and O–H groups in total. The maximum atomic E-state index is 13.3. The first-order valence-electron chi connectivity index (χ1n) is 11.3. The maximum Gasteiger partial charge on any atom is 0.261 e. The molecule has 0 bridgehead atoms. The number of benzene rings is 2. The third kappa shape index (κ3) is 7.02. The summed E-state index contributed by atoms with van der Waals surface area (Å²) in [5.74, 6) is -0.113. The second-order valence-electron chi connectivity index (χ2n) is 8.21. The van der Waals surface area contributed by atoms with E-state index in [4.69, 9.17) is 39.5 Å². The fourth-order valence-electron chi connectivity index (χ4n) is 4.10. The first kappa shape index (κ1) is 25.7. The molecule has 33 heavy (non-hydrogen) atoms. The highest BCUT2D eigenvalue weighted by molar-refractivity contribution is 6.36. The topological polar surface area (TPSA) is 58.6 Å². The van der Waals surface area contributed by atoms with Crippen molar-refractivity contribution in [2.24, 2.45) is 0 Å². The van der Waals surface area contributed by atoms with E-state index in [-0.39, 0.29) is 31.0 Å². The minimum Gasteiger partial charge on any atom is -0.482 e. The second-order valence-corrected chi connectivity index (χ2v) is 9.43. The zero-order valence-electron chi connectivity index (χ0n) is 18.7. The highest BCUT2D eigenvalue weighted by Gasteiger charge is 2.31. The van der Waals surface area contributed by atoms with Gasteiger partial charge in [0.15, 0.2) is 6.61 Å². The molecule has 2 amide bonds. The Hall–Kier alpha value is -1.95. The van der Waals surface area contributed by atoms with Crippen LogP contribution in [-0.4, -0.2) is 35.4 Å². The van der Waals surface area contributed by atoms with Gasteiger partial charge in [-0.25, -0.2) is 0 Å². The number of halogens is 3. The summed E-state index contributed by atoms with van der Waals surface area (Å²) in [7, 11) is 0. The number of nitrogens with zero attached hydrogens (tertiary/aromatic N) is 1. The van der Waals surface area contributed by atoms with Crippen LogP contribution >= 0.6 is 34.8 Å². The minimum absolute atomic E-state index is 0.0970. The molecule has 0 aromatic heterocycles. The molecule has 1 unspecified atom stereocenters. The number of para-hydroxylation sites is 1. The maximum absolute atomic E-state index is 13.3. The molecule has 2 aromatic carbocycles. The molecule has 0 heterocycles. The molecule has 0 spiro atoms. The molecule has 0 aliphatic heterocycles. The Morgan fingerprint density at radius 3 is 2.27 bits per heavy atom. The molecule has 2 aromatic rings. The Labute approximate surface area is 210 Å². The van der Waals surface area contributed by atoms with E-state index in [1.807, 2.05) is 6.92 Å². The standard InChI is InChI=1S/C25H29Cl3N2O3/c1-2-22(25(32)29-17-9-4-3-5-10-17)30(15-18-19(26)12-8-13-20(18)27)24(31)16-33-23-14-7-6-11-21(23)28/h6-8,11-14,17,22H,2-5,9-10,15-16H2,1H3,(H,29,32). The first-order valence-corrected chi connectivity index (χ1v) is 12.4. The Morgan fingerprint density at radius 1 is 1.00 bits per heavy atom. The van der Waals surface area contributed by atoms with Crippen molar-refractivity contribution in [1.29, 1.82) is 0 Å². The van der Waals surface area contributed by atoms with E-state index in [2.05, 4.69) is 5.32 Å². The molecule has 1 atom stereocenters. The van der Waals surface area contributed by atoms with Crippen LogP contribution in [0.15, 0.2) is 42.5 Å². The molecule has 1 aliphatic carbocycles. The van der Waals surface area contributed by atoms with Gasteiger partial charge >= 0.3 is 0 Å². The van der Waals surface area contributed by atoms with Crippen LogP contribution in [0.4, 0.5) is 0 Å². The van der Waals surface area contributed by atoms with Crippen molar-refractivity contribution in [3.8, 4) is 5.75 Å². The molecular weight excluding hydrogens is 483 g/mol. The third-order valence-corrected chi connectivity index (χ3v) is 6.94. The monoisotopic (exact) mass is 510 g/mol. The van der Waals surface area contributed by atoms with Crippen LogP contribution in [0, 0.1) is 0 Å². The molecule has 1 aliphatic rings. The van der Waals surface area contributed by atoms with Gasteiger partial charge in [0.25, 0.3) is 5.91 Å². The molecule has 178 valence electrons. The van der Waals surface area contributed by atoms with Crippen molar-refractivity contribution >= 4 is 46.6 Å². The lowest BCUT2D eigenvalue weighted by Gasteiger charge is -2.33. The number of hydrogen-bond donors (Lipinski definition) is 1. The van der Waals surface area contributed by atoms with Crippen molar-refractivity contribution in [3.63, 3.8) is 0 Å². The Morgan fingerprint density at radius 2 is 1.64 bits per heavy atom. The van der Waals surface area contributed by atoms with E-state index < -0.39 is 6.04 Å². The van der Waals surface area contributed by atoms with Crippen molar-refractivity contribution < 1.29 is 14.3 Å². The first-order chi connectivity index (χ1) is 15.9. The fraction of sp³-hybridized carbons (Fsp3) is 0.440. The summed E-state index contributed by atoms with van der Waals surface area (Å²) in [4.78, 5) is 28.1. The van der Waals surface area contributed by atoms with Crippen LogP contribution in [-0.2, 0) is 16.1 Å². The largest absolute Gasteiger partial charge is 0.482 e. The molecule has 5 nitrogen and oxygen atoms in total. The van der Waals surface area contributed by atoms with Gasteiger partial charge in [-0.05, 0) is 43.5 Å². The molecule has 1 fully saturated rings. The Balaban J connectivity index is 1.81. The molecule has 1 saturated carbocycles. The average Bonchev–Trinajstić information content (AvgIpc) is 2.80. The van der Waals surface area contributed by atoms with Gasteiger partial charge in [0.2, 0.25) is 5.91 Å². The predicted octanol–water partition coefficient (Wildman–Crippen LogP) is 6.28. The van der Waals surface area contributed by atoms with Crippen LogP contribution in [0.2, 0.25) is 15.1 Å². The van der Waals surface area contributed by atoms with E-state index in [1.165, 1.54) is 11.3 Å². The van der Waals surface area contributed by atoms with Gasteiger partial charge in [0.05, 0.1) is 5.02 Å². The number of carbonyl (C=O) groups excluding carboxylic acids is 2. The van der Waals surface area contributed by atoms with E-state index in [1.54, 1.807) is 42.5 Å². The zero-order chi connectivity index (χ0) is 23.8. The van der Waals surface area contributed by atoms with Gasteiger partial charge in [-0.2, -0.15) is 0 Å². The molecule has 0 saturated heterocycles. The number of carbonyl (C=O) groups is 2. The summed E-state index contributed by atoms with van der Waals surface area (Å²) < 4.78 is 5.68. The number of nitrogens with one attached hydrogen (secondary N) is 1. The van der Waals surface area contributed by atoms with E-state index in [9.17, 15) is 9.59 Å². The predicted molar refractivity (Wildman–Crippen MR) is 133 cm³/mol. The third-order valence-electron chi connectivity index (χ3n) is 5.92. The van der Waals surface area contributed by atoms with Gasteiger partial charge in [-0.1, -0.05) is 79.2 Å². The molecule has 3 rings (SSSR count). The lowest BCUT2D eigenvalue weighted by Crippen LogP contribution is -2.52. The number of ether oxygens (including phenoxy) is 1. The van der Waals surface area contributed by atoms with Gasteiger partial charge in [-0.3, -0.25) is 9.59 Å². The normalized spacial score (nSPS) is 15.0. The minimum atomic E-state index is -0.679. The van der Waals surface area contributed by atoms with E-state index in [0.717, 1.165) is 25.7 Å². The number of hydrogen-bond acceptors (Lipinski definition) is 3. The number of amides is 2. The lowest BCUT2D eigenvalue weighted by molar-refractivity contribution is -0.143. The van der Waals surface area contributed by atoms with Crippen LogP contribution < -0.4 is 10.1 Å². The number of rotatable bonds is 9. The van der Waals surface area contributed by atoms with Gasteiger partial charge < -0.3 is 15.0 Å². The summed E-state index contributed by atoms with van der Waals surface area (Å²) in [5, 5.41) is 4.43. The highest BCUT2D eigenvalue weighted by Crippen LogP contribution is 2.28. The van der Waals surface area contributed by atoms with Crippen molar-refractivity contribution in [1.82, 2.24) is 10.2 Å². The van der Waals surface area contributed by atoms with Crippen molar-refractivity contribution in [2.75, 3.05) is 6.61 Å². The van der Waals surface area contributed by atoms with Crippen LogP contribution in [0.5, 0.6) is 5.75 Å².